The highest BCUT2D eigenvalue weighted by atomic mass is 32.2. The maximum atomic E-state index is 11.7. The number of imide groups is 1. The Kier molecular flexibility index (Phi) is 8.27. The monoisotopic (exact) mass is 380 g/mol. The molecule has 1 aliphatic rings. The summed E-state index contributed by atoms with van der Waals surface area (Å²) in [5.41, 5.74) is 0. The van der Waals surface area contributed by atoms with Gasteiger partial charge >= 0.3 is 12.0 Å². The molecule has 26 heavy (non-hydrogen) atoms. The lowest BCUT2D eigenvalue weighted by Crippen LogP contribution is -2.46. The average Bonchev–Trinajstić information content (AvgIpc) is 2.65. The van der Waals surface area contributed by atoms with E-state index in [1.54, 1.807) is 19.2 Å². The molecule has 2 N–H and O–H groups in total. The number of carbonyl (C=O) groups excluding carboxylic acids is 3. The first-order chi connectivity index (χ1) is 12.6. The third-order valence-electron chi connectivity index (χ3n) is 3.97. The fraction of sp³-hybridized carbons (Fsp3) is 0.500. The van der Waals surface area contributed by atoms with E-state index in [0.29, 0.717) is 0 Å². The number of esters is 1. The molecule has 0 radical (unpaired) electrons. The summed E-state index contributed by atoms with van der Waals surface area (Å²) in [5, 5.41) is 4.95. The van der Waals surface area contributed by atoms with Crippen molar-refractivity contribution in [3.8, 4) is 5.75 Å². The molecule has 1 aliphatic carbocycles. The van der Waals surface area contributed by atoms with Crippen LogP contribution in [0.5, 0.6) is 5.75 Å². The second kappa shape index (κ2) is 10.7. The number of rotatable bonds is 7. The Labute approximate surface area is 157 Å². The molecular formula is C18H24N2O5S. The molecule has 8 heteroatoms. The van der Waals surface area contributed by atoms with Crippen molar-refractivity contribution in [3.63, 3.8) is 0 Å². The van der Waals surface area contributed by atoms with Gasteiger partial charge in [0.15, 0.2) is 6.61 Å². The zero-order chi connectivity index (χ0) is 18.8. The van der Waals surface area contributed by atoms with Gasteiger partial charge < -0.3 is 14.8 Å². The Bertz CT molecular complexity index is 615. The highest BCUT2D eigenvalue weighted by molar-refractivity contribution is 8.00. The van der Waals surface area contributed by atoms with Crippen LogP contribution in [0.4, 0.5) is 4.79 Å². The normalized spacial score (nSPS) is 14.3. The summed E-state index contributed by atoms with van der Waals surface area (Å²) in [4.78, 5) is 36.0. The van der Waals surface area contributed by atoms with Gasteiger partial charge in [-0.25, -0.2) is 4.79 Å². The summed E-state index contributed by atoms with van der Waals surface area (Å²) >= 11 is 1.30. The molecule has 3 amide bonds. The number of nitrogens with one attached hydrogen (secondary N) is 2. The van der Waals surface area contributed by atoms with E-state index in [9.17, 15) is 14.4 Å². The van der Waals surface area contributed by atoms with Gasteiger partial charge in [-0.15, -0.1) is 11.8 Å². The molecule has 1 fully saturated rings. The smallest absolute Gasteiger partial charge is 0.321 e. The number of hydrogen-bond acceptors (Lipinski definition) is 6. The van der Waals surface area contributed by atoms with Crippen molar-refractivity contribution in [2.75, 3.05) is 19.5 Å². The summed E-state index contributed by atoms with van der Waals surface area (Å²) < 4.78 is 9.95. The van der Waals surface area contributed by atoms with Gasteiger partial charge in [-0.1, -0.05) is 19.3 Å². The molecule has 0 unspecified atom stereocenters. The summed E-state index contributed by atoms with van der Waals surface area (Å²) in [5.74, 6) is -0.344. The van der Waals surface area contributed by atoms with Crippen LogP contribution in [0.15, 0.2) is 29.2 Å². The summed E-state index contributed by atoms with van der Waals surface area (Å²) in [7, 11) is 1.58. The van der Waals surface area contributed by atoms with Crippen LogP contribution in [0, 0.1) is 0 Å². The molecule has 0 spiro atoms. The van der Waals surface area contributed by atoms with Crippen LogP contribution in [0.2, 0.25) is 0 Å². The Morgan fingerprint density at radius 3 is 2.46 bits per heavy atom. The maximum Gasteiger partial charge on any atom is 0.321 e. The largest absolute Gasteiger partial charge is 0.497 e. The van der Waals surface area contributed by atoms with E-state index in [1.165, 1.54) is 18.2 Å². The summed E-state index contributed by atoms with van der Waals surface area (Å²) in [6.45, 7) is -0.472. The second-order valence-electron chi connectivity index (χ2n) is 5.98. The zero-order valence-electron chi connectivity index (χ0n) is 14.8. The van der Waals surface area contributed by atoms with Crippen molar-refractivity contribution < 1.29 is 23.9 Å². The first kappa shape index (κ1) is 20.1. The van der Waals surface area contributed by atoms with E-state index in [2.05, 4.69) is 10.6 Å². The molecule has 1 aromatic rings. The fourth-order valence-corrected chi connectivity index (χ4v) is 3.33. The van der Waals surface area contributed by atoms with Crippen LogP contribution >= 0.6 is 11.8 Å². The highest BCUT2D eigenvalue weighted by Gasteiger charge is 2.17. The number of amides is 3. The minimum atomic E-state index is -0.638. The Balaban J connectivity index is 1.61. The first-order valence-electron chi connectivity index (χ1n) is 8.59. The van der Waals surface area contributed by atoms with Gasteiger partial charge in [0, 0.05) is 10.9 Å². The molecule has 2 rings (SSSR count). The lowest BCUT2D eigenvalue weighted by atomic mass is 9.96. The quantitative estimate of drug-likeness (QED) is 0.558. The second-order valence-corrected chi connectivity index (χ2v) is 7.03. The first-order valence-corrected chi connectivity index (χ1v) is 9.58. The minimum absolute atomic E-state index is 0.0773. The number of carbonyl (C=O) groups is 3. The number of ether oxygens (including phenoxy) is 2. The maximum absolute atomic E-state index is 11.7. The average molecular weight is 380 g/mol. The standard InChI is InChI=1S/C18H24N2O5S/c1-24-14-7-9-15(10-8-14)26-12-17(22)25-11-16(21)20-18(23)19-13-5-3-2-4-6-13/h7-10,13H,2-6,11-12H2,1H3,(H2,19,20,21,23). The summed E-state index contributed by atoms with van der Waals surface area (Å²) in [6, 6.07) is 6.83. The van der Waals surface area contributed by atoms with Crippen molar-refractivity contribution in [2.45, 2.75) is 43.0 Å². The molecule has 0 saturated heterocycles. The van der Waals surface area contributed by atoms with Crippen LogP contribution < -0.4 is 15.4 Å². The van der Waals surface area contributed by atoms with Crippen LogP contribution in [0.25, 0.3) is 0 Å². The van der Waals surface area contributed by atoms with Gasteiger partial charge in [0.25, 0.3) is 5.91 Å². The van der Waals surface area contributed by atoms with Gasteiger partial charge in [0.1, 0.15) is 5.75 Å². The molecule has 0 atom stereocenters. The molecule has 0 aliphatic heterocycles. The lowest BCUT2D eigenvalue weighted by Gasteiger charge is -2.22. The molecule has 142 valence electrons. The van der Waals surface area contributed by atoms with Gasteiger partial charge in [0.2, 0.25) is 0 Å². The number of hydrogen-bond donors (Lipinski definition) is 2. The van der Waals surface area contributed by atoms with Crippen molar-refractivity contribution in [1.82, 2.24) is 10.6 Å². The van der Waals surface area contributed by atoms with Gasteiger partial charge in [-0.3, -0.25) is 14.9 Å². The van der Waals surface area contributed by atoms with Crippen LogP contribution in [-0.2, 0) is 14.3 Å². The van der Waals surface area contributed by atoms with Gasteiger partial charge in [-0.05, 0) is 37.1 Å². The predicted octanol–water partition coefficient (Wildman–Crippen LogP) is 2.49. The van der Waals surface area contributed by atoms with Crippen molar-refractivity contribution in [3.05, 3.63) is 24.3 Å². The molecule has 0 bridgehead atoms. The highest BCUT2D eigenvalue weighted by Crippen LogP contribution is 2.21. The van der Waals surface area contributed by atoms with Crippen LogP contribution in [0.1, 0.15) is 32.1 Å². The molecular weight excluding hydrogens is 356 g/mol. The van der Waals surface area contributed by atoms with Crippen LogP contribution in [-0.4, -0.2) is 43.4 Å². The van der Waals surface area contributed by atoms with E-state index in [1.807, 2.05) is 12.1 Å². The minimum Gasteiger partial charge on any atom is -0.497 e. The zero-order valence-corrected chi connectivity index (χ0v) is 15.6. The molecule has 0 heterocycles. The number of urea groups is 1. The molecule has 7 nitrogen and oxygen atoms in total. The fourth-order valence-electron chi connectivity index (χ4n) is 2.63. The van der Waals surface area contributed by atoms with Gasteiger partial charge in [-0.2, -0.15) is 0 Å². The van der Waals surface area contributed by atoms with Crippen molar-refractivity contribution in [1.29, 1.82) is 0 Å². The number of thioether (sulfide) groups is 1. The van der Waals surface area contributed by atoms with E-state index in [4.69, 9.17) is 9.47 Å². The SMILES string of the molecule is COc1ccc(SCC(=O)OCC(=O)NC(=O)NC2CCCCC2)cc1. The van der Waals surface area contributed by atoms with Crippen molar-refractivity contribution in [2.24, 2.45) is 0 Å². The Morgan fingerprint density at radius 1 is 1.12 bits per heavy atom. The van der Waals surface area contributed by atoms with E-state index >= 15 is 0 Å². The van der Waals surface area contributed by atoms with Gasteiger partial charge in [0.05, 0.1) is 12.9 Å². The number of methoxy groups -OCH3 is 1. The third kappa shape index (κ3) is 7.35. The molecule has 0 aromatic heterocycles. The number of benzene rings is 1. The Morgan fingerprint density at radius 2 is 1.81 bits per heavy atom. The Hall–Kier alpha value is -2.22. The lowest BCUT2D eigenvalue weighted by molar-refractivity contribution is -0.145. The van der Waals surface area contributed by atoms with E-state index < -0.39 is 24.5 Å². The molecule has 1 aromatic carbocycles. The van der Waals surface area contributed by atoms with Crippen LogP contribution in [0.3, 0.4) is 0 Å². The molecule has 1 saturated carbocycles. The third-order valence-corrected chi connectivity index (χ3v) is 4.96. The topological polar surface area (TPSA) is 93.7 Å². The van der Waals surface area contributed by atoms with E-state index in [0.717, 1.165) is 36.3 Å². The summed E-state index contributed by atoms with van der Waals surface area (Å²) in [6.07, 6.45) is 5.21. The predicted molar refractivity (Wildman–Crippen MR) is 98.2 cm³/mol. The van der Waals surface area contributed by atoms with E-state index in [-0.39, 0.29) is 11.8 Å². The van der Waals surface area contributed by atoms with Crippen molar-refractivity contribution >= 4 is 29.7 Å².